The molecule has 4 rings (SSSR count). The highest BCUT2D eigenvalue weighted by Gasteiger charge is 2.40. The van der Waals surface area contributed by atoms with Gasteiger partial charge in [-0.2, -0.15) is 0 Å². The van der Waals surface area contributed by atoms with Gasteiger partial charge in [0.15, 0.2) is 0 Å². The van der Waals surface area contributed by atoms with Gasteiger partial charge in [0.2, 0.25) is 5.91 Å². The van der Waals surface area contributed by atoms with Crippen LogP contribution < -0.4 is 4.90 Å². The van der Waals surface area contributed by atoms with Crippen molar-refractivity contribution in [2.24, 2.45) is 11.8 Å². The van der Waals surface area contributed by atoms with Crippen LogP contribution in [0.4, 0.5) is 5.69 Å². The Morgan fingerprint density at radius 2 is 1.71 bits per heavy atom. The van der Waals surface area contributed by atoms with Crippen LogP contribution in [-0.2, 0) is 27.4 Å². The zero-order valence-electron chi connectivity index (χ0n) is 15.8. The maximum absolute atomic E-state index is 13.3. The van der Waals surface area contributed by atoms with Crippen LogP contribution in [0.1, 0.15) is 36.8 Å². The van der Waals surface area contributed by atoms with E-state index in [0.29, 0.717) is 6.54 Å². The largest absolute Gasteiger partial charge is 0.461 e. The molecule has 0 unspecified atom stereocenters. The van der Waals surface area contributed by atoms with Crippen LogP contribution in [0.5, 0.6) is 0 Å². The summed E-state index contributed by atoms with van der Waals surface area (Å²) >= 11 is 3.41. The molecule has 0 saturated heterocycles. The SMILES string of the molecule is O=C(OCc1ccc(Br)cc1)[C@H]1CCCC[C@H]1C(=O)N1CCc2ccccc21. The molecule has 28 heavy (non-hydrogen) atoms. The monoisotopic (exact) mass is 441 g/mol. The van der Waals surface area contributed by atoms with Crippen molar-refractivity contribution in [3.8, 4) is 0 Å². The van der Waals surface area contributed by atoms with E-state index in [1.807, 2.05) is 47.4 Å². The number of carbonyl (C=O) groups excluding carboxylic acids is 2. The van der Waals surface area contributed by atoms with Gasteiger partial charge >= 0.3 is 5.97 Å². The summed E-state index contributed by atoms with van der Waals surface area (Å²) in [5.41, 5.74) is 3.16. The molecule has 1 amide bonds. The molecule has 0 spiro atoms. The molecule has 1 aliphatic heterocycles. The van der Waals surface area contributed by atoms with E-state index < -0.39 is 0 Å². The van der Waals surface area contributed by atoms with Gasteiger partial charge in [-0.05, 0) is 48.6 Å². The van der Waals surface area contributed by atoms with Gasteiger partial charge in [0.05, 0.1) is 11.8 Å². The van der Waals surface area contributed by atoms with Crippen LogP contribution in [-0.4, -0.2) is 18.4 Å². The minimum atomic E-state index is -0.343. The third-order valence-electron chi connectivity index (χ3n) is 5.83. The minimum absolute atomic E-state index is 0.0789. The Kier molecular flexibility index (Phi) is 5.81. The van der Waals surface area contributed by atoms with Crippen LogP contribution in [0.2, 0.25) is 0 Å². The standard InChI is InChI=1S/C23H24BrNO3/c24-18-11-9-16(10-12-18)15-28-23(27)20-7-3-2-6-19(20)22(26)25-14-13-17-5-1-4-8-21(17)25/h1,4-5,8-12,19-20H,2-3,6-7,13-15H2/t19-,20+/m1/s1. The number of halogens is 1. The second-order valence-corrected chi connectivity index (χ2v) is 8.52. The van der Waals surface area contributed by atoms with E-state index in [-0.39, 0.29) is 30.3 Å². The normalized spacial score (nSPS) is 21.2. The number of carbonyl (C=O) groups is 2. The van der Waals surface area contributed by atoms with E-state index in [1.165, 1.54) is 5.56 Å². The number of para-hydroxylation sites is 1. The lowest BCUT2D eigenvalue weighted by Gasteiger charge is -2.32. The second kappa shape index (κ2) is 8.48. The first-order chi connectivity index (χ1) is 13.6. The average molecular weight is 442 g/mol. The molecule has 0 N–H and O–H groups in total. The molecule has 1 heterocycles. The highest BCUT2D eigenvalue weighted by atomic mass is 79.9. The summed E-state index contributed by atoms with van der Waals surface area (Å²) in [5.74, 6) is -0.787. The fraction of sp³-hybridized carbons (Fsp3) is 0.391. The van der Waals surface area contributed by atoms with E-state index in [1.54, 1.807) is 0 Å². The van der Waals surface area contributed by atoms with Crippen molar-refractivity contribution in [1.82, 2.24) is 0 Å². The molecule has 1 fully saturated rings. The van der Waals surface area contributed by atoms with Crippen molar-refractivity contribution in [1.29, 1.82) is 0 Å². The molecule has 2 aromatic rings. The molecular weight excluding hydrogens is 418 g/mol. The molecule has 0 radical (unpaired) electrons. The van der Waals surface area contributed by atoms with E-state index >= 15 is 0 Å². The van der Waals surface area contributed by atoms with Crippen molar-refractivity contribution in [2.75, 3.05) is 11.4 Å². The lowest BCUT2D eigenvalue weighted by molar-refractivity contribution is -0.155. The second-order valence-electron chi connectivity index (χ2n) is 7.60. The number of fused-ring (bicyclic) bond motifs is 1. The molecular formula is C23H24BrNO3. The third kappa shape index (κ3) is 4.00. The van der Waals surface area contributed by atoms with Crippen molar-refractivity contribution in [2.45, 2.75) is 38.7 Å². The Hall–Kier alpha value is -2.14. The van der Waals surface area contributed by atoms with Gasteiger partial charge in [-0.1, -0.05) is 59.1 Å². The van der Waals surface area contributed by atoms with Crippen molar-refractivity contribution in [3.05, 3.63) is 64.1 Å². The number of hydrogen-bond acceptors (Lipinski definition) is 3. The highest BCUT2D eigenvalue weighted by molar-refractivity contribution is 9.10. The van der Waals surface area contributed by atoms with E-state index in [2.05, 4.69) is 22.0 Å². The zero-order chi connectivity index (χ0) is 19.5. The minimum Gasteiger partial charge on any atom is -0.461 e. The molecule has 4 nitrogen and oxygen atoms in total. The quantitative estimate of drug-likeness (QED) is 0.634. The Labute approximate surface area is 174 Å². The first-order valence-corrected chi connectivity index (χ1v) is 10.7. The fourth-order valence-corrected chi connectivity index (χ4v) is 4.58. The molecule has 0 aromatic heterocycles. The first-order valence-electron chi connectivity index (χ1n) is 9.94. The number of esters is 1. The third-order valence-corrected chi connectivity index (χ3v) is 6.36. The zero-order valence-corrected chi connectivity index (χ0v) is 17.4. The average Bonchev–Trinajstić information content (AvgIpc) is 3.17. The van der Waals surface area contributed by atoms with Crippen LogP contribution in [0, 0.1) is 11.8 Å². The van der Waals surface area contributed by atoms with Gasteiger partial charge in [0.1, 0.15) is 6.61 Å². The summed E-state index contributed by atoms with van der Waals surface area (Å²) in [4.78, 5) is 28.0. The summed E-state index contributed by atoms with van der Waals surface area (Å²) in [6, 6.07) is 15.8. The maximum Gasteiger partial charge on any atom is 0.310 e. The number of benzene rings is 2. The smallest absolute Gasteiger partial charge is 0.310 e. The van der Waals surface area contributed by atoms with Crippen molar-refractivity contribution in [3.63, 3.8) is 0 Å². The highest BCUT2D eigenvalue weighted by Crippen LogP contribution is 2.36. The van der Waals surface area contributed by atoms with Gasteiger partial charge in [0, 0.05) is 16.7 Å². The topological polar surface area (TPSA) is 46.6 Å². The molecule has 1 saturated carbocycles. The summed E-state index contributed by atoms with van der Waals surface area (Å²) in [5, 5.41) is 0. The van der Waals surface area contributed by atoms with E-state index in [9.17, 15) is 9.59 Å². The number of anilines is 1. The molecule has 2 atom stereocenters. The predicted octanol–water partition coefficient (Wildman–Crippen LogP) is 4.89. The number of amides is 1. The first kappa shape index (κ1) is 19.2. The van der Waals surface area contributed by atoms with Crippen LogP contribution >= 0.6 is 15.9 Å². The van der Waals surface area contributed by atoms with E-state index in [0.717, 1.165) is 47.8 Å². The Balaban J connectivity index is 1.44. The van der Waals surface area contributed by atoms with Gasteiger partial charge in [-0.15, -0.1) is 0 Å². The molecule has 1 aliphatic carbocycles. The molecule has 5 heteroatoms. The van der Waals surface area contributed by atoms with Gasteiger partial charge in [-0.3, -0.25) is 9.59 Å². The number of nitrogens with zero attached hydrogens (tertiary/aromatic N) is 1. The lowest BCUT2D eigenvalue weighted by Crippen LogP contribution is -2.42. The van der Waals surface area contributed by atoms with Gasteiger partial charge in [-0.25, -0.2) is 0 Å². The Morgan fingerprint density at radius 1 is 1.00 bits per heavy atom. The van der Waals surface area contributed by atoms with Gasteiger partial charge < -0.3 is 9.64 Å². The number of rotatable bonds is 4. The molecule has 2 aliphatic rings. The maximum atomic E-state index is 13.3. The van der Waals surface area contributed by atoms with Crippen LogP contribution in [0.25, 0.3) is 0 Å². The van der Waals surface area contributed by atoms with Crippen LogP contribution in [0.15, 0.2) is 53.0 Å². The summed E-state index contributed by atoms with van der Waals surface area (Å²) in [6.45, 7) is 0.950. The summed E-state index contributed by atoms with van der Waals surface area (Å²) < 4.78 is 6.59. The van der Waals surface area contributed by atoms with Gasteiger partial charge in [0.25, 0.3) is 0 Å². The van der Waals surface area contributed by atoms with E-state index in [4.69, 9.17) is 4.74 Å². The molecule has 146 valence electrons. The molecule has 0 bridgehead atoms. The molecule has 2 aromatic carbocycles. The van der Waals surface area contributed by atoms with Crippen molar-refractivity contribution >= 4 is 33.5 Å². The summed E-state index contributed by atoms with van der Waals surface area (Å²) in [7, 11) is 0. The Morgan fingerprint density at radius 3 is 2.50 bits per heavy atom. The van der Waals surface area contributed by atoms with Crippen LogP contribution in [0.3, 0.4) is 0 Å². The van der Waals surface area contributed by atoms with Crippen molar-refractivity contribution < 1.29 is 14.3 Å². The summed E-state index contributed by atoms with van der Waals surface area (Å²) in [6.07, 6.45) is 4.33. The number of ether oxygens (including phenoxy) is 1. The fourth-order valence-electron chi connectivity index (χ4n) is 4.32. The Bertz CT molecular complexity index is 864. The lowest BCUT2D eigenvalue weighted by atomic mass is 9.78. The number of hydrogen-bond donors (Lipinski definition) is 0. The predicted molar refractivity (Wildman–Crippen MR) is 112 cm³/mol.